The van der Waals surface area contributed by atoms with E-state index in [2.05, 4.69) is 27.5 Å². The average molecular weight is 170 g/mol. The topological polar surface area (TPSA) is 0 Å². The molecule has 0 aliphatic rings. The van der Waals surface area contributed by atoms with Crippen LogP contribution in [-0.2, 0) is 0 Å². The number of nitrogens with zero attached hydrogens (tertiary/aromatic N) is 1. The average Bonchev–Trinajstić information content (AvgIpc) is 2.02. The Bertz CT molecular complexity index is 120. The zero-order valence-electron chi connectivity index (χ0n) is 8.97. The Labute approximate surface area is 77.7 Å². The van der Waals surface area contributed by atoms with Crippen molar-refractivity contribution in [3.05, 3.63) is 12.7 Å². The second-order valence-electron chi connectivity index (χ2n) is 3.89. The third kappa shape index (κ3) is 4.55. The Kier molecular flexibility index (Phi) is 6.09. The van der Waals surface area contributed by atoms with Crippen LogP contribution in [0, 0.1) is 0 Å². The number of quaternary nitrogens is 1. The molecule has 0 saturated carbocycles. The molecule has 1 unspecified atom stereocenters. The predicted molar refractivity (Wildman–Crippen MR) is 56.2 cm³/mol. The van der Waals surface area contributed by atoms with Gasteiger partial charge in [-0.05, 0) is 18.9 Å². The molecule has 1 nitrogen and oxygen atoms in total. The van der Waals surface area contributed by atoms with Crippen LogP contribution in [-0.4, -0.2) is 31.2 Å². The normalized spacial score (nSPS) is 15.6. The van der Waals surface area contributed by atoms with Crippen LogP contribution < -0.4 is 0 Å². The van der Waals surface area contributed by atoms with Crippen LogP contribution in [0.4, 0.5) is 0 Å². The van der Waals surface area contributed by atoms with Gasteiger partial charge in [-0.1, -0.05) is 26.8 Å². The summed E-state index contributed by atoms with van der Waals surface area (Å²) in [6, 6.07) is 0. The highest BCUT2D eigenvalue weighted by Gasteiger charge is 2.16. The van der Waals surface area contributed by atoms with Crippen molar-refractivity contribution in [3.63, 3.8) is 0 Å². The molecule has 0 bridgehead atoms. The van der Waals surface area contributed by atoms with E-state index in [9.17, 15) is 0 Å². The molecule has 0 aromatic rings. The molecule has 0 fully saturated rings. The number of unbranched alkanes of at least 4 members (excludes halogenated alkanes) is 1. The first kappa shape index (κ1) is 11.7. The third-order valence-electron chi connectivity index (χ3n) is 2.38. The van der Waals surface area contributed by atoms with Crippen molar-refractivity contribution < 1.29 is 4.48 Å². The molecule has 0 amide bonds. The summed E-state index contributed by atoms with van der Waals surface area (Å²) < 4.78 is 1.17. The molecule has 72 valence electrons. The second kappa shape index (κ2) is 6.24. The van der Waals surface area contributed by atoms with Crippen LogP contribution in [0.2, 0.25) is 0 Å². The van der Waals surface area contributed by atoms with Crippen LogP contribution >= 0.6 is 0 Å². The van der Waals surface area contributed by atoms with E-state index in [-0.39, 0.29) is 0 Å². The van der Waals surface area contributed by atoms with Gasteiger partial charge in [0.05, 0.1) is 26.7 Å². The molecule has 0 saturated heterocycles. The zero-order chi connectivity index (χ0) is 9.45. The minimum Gasteiger partial charge on any atom is -0.323 e. The Balaban J connectivity index is 3.88. The summed E-state index contributed by atoms with van der Waals surface area (Å²) in [4.78, 5) is 0. The highest BCUT2D eigenvalue weighted by Crippen LogP contribution is 2.06. The van der Waals surface area contributed by atoms with Gasteiger partial charge >= 0.3 is 0 Å². The molecule has 0 aliphatic heterocycles. The lowest BCUT2D eigenvalue weighted by molar-refractivity contribution is -0.904. The highest BCUT2D eigenvalue weighted by atomic mass is 15.3. The molecule has 0 heterocycles. The fourth-order valence-electron chi connectivity index (χ4n) is 1.69. The standard InChI is InChI=1S/C11H24N/c1-5-8-11-12(4,9-6-2)10-7-3/h6H,2,5,7-11H2,1,3-4H3/q+1. The maximum Gasteiger partial charge on any atom is 0.0969 e. The zero-order valence-corrected chi connectivity index (χ0v) is 8.97. The number of rotatable bonds is 7. The minimum absolute atomic E-state index is 1.12. The molecule has 0 radical (unpaired) electrons. The van der Waals surface area contributed by atoms with Gasteiger partial charge in [-0.15, -0.1) is 0 Å². The van der Waals surface area contributed by atoms with Crippen molar-refractivity contribution in [2.45, 2.75) is 33.1 Å². The molecule has 0 rings (SSSR count). The van der Waals surface area contributed by atoms with Gasteiger partial charge in [-0.3, -0.25) is 0 Å². The van der Waals surface area contributed by atoms with Gasteiger partial charge in [-0.2, -0.15) is 0 Å². The molecule has 0 N–H and O–H groups in total. The summed E-state index contributed by atoms with van der Waals surface area (Å²) in [6.07, 6.45) is 5.96. The van der Waals surface area contributed by atoms with Gasteiger partial charge in [0.2, 0.25) is 0 Å². The van der Waals surface area contributed by atoms with E-state index in [0.717, 1.165) is 6.54 Å². The quantitative estimate of drug-likeness (QED) is 0.407. The van der Waals surface area contributed by atoms with Gasteiger partial charge < -0.3 is 4.48 Å². The minimum atomic E-state index is 1.12. The molecule has 0 aliphatic carbocycles. The van der Waals surface area contributed by atoms with Crippen molar-refractivity contribution >= 4 is 0 Å². The molecule has 0 aromatic carbocycles. The van der Waals surface area contributed by atoms with Crippen LogP contribution in [0.5, 0.6) is 0 Å². The van der Waals surface area contributed by atoms with E-state index in [4.69, 9.17) is 0 Å². The number of likely N-dealkylation sites (N-methyl/N-ethyl adjacent to an activating group) is 1. The summed E-state index contributed by atoms with van der Waals surface area (Å²) >= 11 is 0. The smallest absolute Gasteiger partial charge is 0.0969 e. The maximum atomic E-state index is 3.82. The van der Waals surface area contributed by atoms with Crippen LogP contribution in [0.3, 0.4) is 0 Å². The highest BCUT2D eigenvalue weighted by molar-refractivity contribution is 4.65. The monoisotopic (exact) mass is 170 g/mol. The van der Waals surface area contributed by atoms with Gasteiger partial charge in [0.15, 0.2) is 0 Å². The fourth-order valence-corrected chi connectivity index (χ4v) is 1.69. The van der Waals surface area contributed by atoms with E-state index in [0.29, 0.717) is 0 Å². The first-order valence-electron chi connectivity index (χ1n) is 5.13. The summed E-state index contributed by atoms with van der Waals surface area (Å²) in [5, 5.41) is 0. The number of hydrogen-bond acceptors (Lipinski definition) is 0. The lowest BCUT2D eigenvalue weighted by atomic mass is 10.2. The second-order valence-corrected chi connectivity index (χ2v) is 3.89. The van der Waals surface area contributed by atoms with E-state index < -0.39 is 0 Å². The van der Waals surface area contributed by atoms with Crippen LogP contribution in [0.1, 0.15) is 33.1 Å². The summed E-state index contributed by atoms with van der Waals surface area (Å²) in [5.41, 5.74) is 0. The first-order chi connectivity index (χ1) is 5.68. The van der Waals surface area contributed by atoms with Crippen molar-refractivity contribution in [2.75, 3.05) is 26.7 Å². The van der Waals surface area contributed by atoms with E-state index in [1.54, 1.807) is 0 Å². The van der Waals surface area contributed by atoms with Crippen molar-refractivity contribution in [3.8, 4) is 0 Å². The Hall–Kier alpha value is -0.300. The lowest BCUT2D eigenvalue weighted by Crippen LogP contribution is -2.45. The van der Waals surface area contributed by atoms with Gasteiger partial charge in [0.25, 0.3) is 0 Å². The Morgan fingerprint density at radius 2 is 1.83 bits per heavy atom. The molecule has 1 heteroatoms. The van der Waals surface area contributed by atoms with E-state index in [1.807, 2.05) is 6.08 Å². The SMILES string of the molecule is C=CC[N+](C)(CCC)CCCC. The molecule has 0 spiro atoms. The maximum absolute atomic E-state index is 3.82. The predicted octanol–water partition coefficient (Wildman–Crippen LogP) is 2.83. The van der Waals surface area contributed by atoms with Crippen molar-refractivity contribution in [1.82, 2.24) is 0 Å². The molecule has 12 heavy (non-hydrogen) atoms. The Morgan fingerprint density at radius 1 is 1.17 bits per heavy atom. The van der Waals surface area contributed by atoms with Crippen molar-refractivity contribution in [1.29, 1.82) is 0 Å². The summed E-state index contributed by atoms with van der Waals surface area (Å²) in [7, 11) is 2.33. The van der Waals surface area contributed by atoms with Gasteiger partial charge in [0, 0.05) is 0 Å². The molecular weight excluding hydrogens is 146 g/mol. The molecular formula is C11H24N+. The number of hydrogen-bond donors (Lipinski definition) is 0. The molecule has 1 atom stereocenters. The van der Waals surface area contributed by atoms with Crippen molar-refractivity contribution in [2.24, 2.45) is 0 Å². The summed E-state index contributed by atoms with van der Waals surface area (Å²) in [6.45, 7) is 12.0. The van der Waals surface area contributed by atoms with Gasteiger partial charge in [0.1, 0.15) is 0 Å². The largest absolute Gasteiger partial charge is 0.323 e. The van der Waals surface area contributed by atoms with E-state index in [1.165, 1.54) is 36.8 Å². The van der Waals surface area contributed by atoms with Gasteiger partial charge in [-0.25, -0.2) is 0 Å². The van der Waals surface area contributed by atoms with Crippen LogP contribution in [0.15, 0.2) is 12.7 Å². The van der Waals surface area contributed by atoms with E-state index >= 15 is 0 Å². The third-order valence-corrected chi connectivity index (χ3v) is 2.38. The lowest BCUT2D eigenvalue weighted by Gasteiger charge is -2.33. The Morgan fingerprint density at radius 3 is 2.25 bits per heavy atom. The first-order valence-corrected chi connectivity index (χ1v) is 5.13. The molecule has 0 aromatic heterocycles. The fraction of sp³-hybridized carbons (Fsp3) is 0.818. The van der Waals surface area contributed by atoms with Crippen LogP contribution in [0.25, 0.3) is 0 Å². The summed E-state index contributed by atoms with van der Waals surface area (Å²) in [5.74, 6) is 0.